The molecule has 0 N–H and O–H groups in total. The van der Waals surface area contributed by atoms with E-state index in [1.165, 1.54) is 0 Å². The molecule has 0 aromatic carbocycles. The Morgan fingerprint density at radius 3 is 2.91 bits per heavy atom. The van der Waals surface area contributed by atoms with Gasteiger partial charge in [-0.15, -0.1) is 0 Å². The van der Waals surface area contributed by atoms with E-state index >= 15 is 0 Å². The molecule has 1 atom stereocenters. The molecule has 0 bridgehead atoms. The van der Waals surface area contributed by atoms with Gasteiger partial charge in [-0.25, -0.2) is 0 Å². The van der Waals surface area contributed by atoms with Gasteiger partial charge in [0, 0.05) is 12.5 Å². The smallest absolute Gasteiger partial charge is 0.123 e. The van der Waals surface area contributed by atoms with Crippen molar-refractivity contribution in [2.75, 3.05) is 6.61 Å². The molecule has 2 nitrogen and oxygen atoms in total. The third-order valence-corrected chi connectivity index (χ3v) is 2.16. The van der Waals surface area contributed by atoms with Gasteiger partial charge in [0.2, 0.25) is 0 Å². The lowest BCUT2D eigenvalue weighted by molar-refractivity contribution is -0.112. The van der Waals surface area contributed by atoms with E-state index in [4.69, 9.17) is 4.74 Å². The first-order chi connectivity index (χ1) is 5.14. The monoisotopic (exact) mass is 156 g/mol. The van der Waals surface area contributed by atoms with E-state index < -0.39 is 0 Å². The largest absolute Gasteiger partial charge is 0.376 e. The minimum atomic E-state index is -0.0952. The molecule has 1 unspecified atom stereocenters. The molecule has 0 saturated carbocycles. The topological polar surface area (TPSA) is 26.3 Å². The summed E-state index contributed by atoms with van der Waals surface area (Å²) in [6.45, 7) is 4.90. The zero-order valence-corrected chi connectivity index (χ0v) is 7.30. The van der Waals surface area contributed by atoms with Crippen molar-refractivity contribution in [2.24, 2.45) is 5.92 Å². The van der Waals surface area contributed by atoms with Crippen LogP contribution in [0.4, 0.5) is 0 Å². The Hall–Kier alpha value is -0.370. The minimum absolute atomic E-state index is 0.0952. The molecule has 0 amide bonds. The Bertz CT molecular complexity index is 140. The van der Waals surface area contributed by atoms with Gasteiger partial charge >= 0.3 is 0 Å². The van der Waals surface area contributed by atoms with Crippen LogP contribution in [0.3, 0.4) is 0 Å². The Kier molecular flexibility index (Phi) is 2.66. The van der Waals surface area contributed by atoms with Gasteiger partial charge in [-0.05, 0) is 33.1 Å². The zero-order chi connectivity index (χ0) is 8.32. The summed E-state index contributed by atoms with van der Waals surface area (Å²) >= 11 is 0. The van der Waals surface area contributed by atoms with E-state index in [1.54, 1.807) is 0 Å². The first-order valence-corrected chi connectivity index (χ1v) is 4.23. The highest BCUT2D eigenvalue weighted by molar-refractivity contribution is 5.53. The molecule has 1 aliphatic rings. The summed E-state index contributed by atoms with van der Waals surface area (Å²) in [5.74, 6) is 0.215. The van der Waals surface area contributed by atoms with E-state index in [0.29, 0.717) is 0 Å². The number of hydrogen-bond acceptors (Lipinski definition) is 2. The molecule has 2 heteroatoms. The van der Waals surface area contributed by atoms with E-state index in [0.717, 1.165) is 32.2 Å². The molecule has 1 aliphatic heterocycles. The van der Waals surface area contributed by atoms with Crippen LogP contribution in [0, 0.1) is 5.92 Å². The van der Waals surface area contributed by atoms with Gasteiger partial charge in [-0.3, -0.25) is 0 Å². The summed E-state index contributed by atoms with van der Waals surface area (Å²) < 4.78 is 5.56. The minimum Gasteiger partial charge on any atom is -0.376 e. The molecule has 0 radical (unpaired) electrons. The van der Waals surface area contributed by atoms with Gasteiger partial charge in [-0.1, -0.05) is 0 Å². The Morgan fingerprint density at radius 2 is 2.27 bits per heavy atom. The van der Waals surface area contributed by atoms with E-state index in [9.17, 15) is 4.79 Å². The summed E-state index contributed by atoms with van der Waals surface area (Å²) in [6, 6.07) is 0. The third kappa shape index (κ3) is 2.62. The lowest BCUT2D eigenvalue weighted by Crippen LogP contribution is -2.25. The molecular formula is C9H16O2. The Balaban J connectivity index is 2.53. The molecule has 1 saturated heterocycles. The fraction of sp³-hybridized carbons (Fsp3) is 0.889. The maximum Gasteiger partial charge on any atom is 0.123 e. The summed E-state index contributed by atoms with van der Waals surface area (Å²) in [5, 5.41) is 0. The van der Waals surface area contributed by atoms with Crippen LogP contribution >= 0.6 is 0 Å². The van der Waals surface area contributed by atoms with Crippen LogP contribution in [-0.2, 0) is 9.53 Å². The number of hydrogen-bond donors (Lipinski definition) is 0. The zero-order valence-electron chi connectivity index (χ0n) is 7.30. The van der Waals surface area contributed by atoms with Crippen molar-refractivity contribution < 1.29 is 9.53 Å². The van der Waals surface area contributed by atoms with Crippen molar-refractivity contribution in [1.29, 1.82) is 0 Å². The maximum atomic E-state index is 10.5. The summed E-state index contributed by atoms with van der Waals surface area (Å²) in [7, 11) is 0. The number of rotatable bonds is 1. The van der Waals surface area contributed by atoms with Crippen molar-refractivity contribution in [2.45, 2.75) is 38.7 Å². The second kappa shape index (κ2) is 3.35. The van der Waals surface area contributed by atoms with Gasteiger partial charge in [-0.2, -0.15) is 0 Å². The average Bonchev–Trinajstić information content (AvgIpc) is 2.10. The number of aldehydes is 1. The molecule has 64 valence electrons. The van der Waals surface area contributed by atoms with Crippen LogP contribution in [0.15, 0.2) is 0 Å². The standard InChI is InChI=1S/C9H16O2/c1-9(2)6-8(7-10)4-3-5-11-9/h7-8H,3-6H2,1-2H3. The van der Waals surface area contributed by atoms with Crippen LogP contribution < -0.4 is 0 Å². The maximum absolute atomic E-state index is 10.5. The van der Waals surface area contributed by atoms with Gasteiger partial charge in [0.25, 0.3) is 0 Å². The van der Waals surface area contributed by atoms with Crippen LogP contribution in [0.1, 0.15) is 33.1 Å². The molecule has 0 aliphatic carbocycles. The summed E-state index contributed by atoms with van der Waals surface area (Å²) in [4.78, 5) is 10.5. The van der Waals surface area contributed by atoms with Gasteiger partial charge in [0.05, 0.1) is 5.60 Å². The fourth-order valence-corrected chi connectivity index (χ4v) is 1.60. The van der Waals surface area contributed by atoms with Crippen molar-refractivity contribution in [3.8, 4) is 0 Å². The highest BCUT2D eigenvalue weighted by Gasteiger charge is 2.26. The summed E-state index contributed by atoms with van der Waals surface area (Å²) in [5.41, 5.74) is -0.0952. The molecule has 0 aromatic rings. The predicted octanol–water partition coefficient (Wildman–Crippen LogP) is 1.78. The molecule has 1 fully saturated rings. The Morgan fingerprint density at radius 1 is 1.55 bits per heavy atom. The van der Waals surface area contributed by atoms with Crippen molar-refractivity contribution in [1.82, 2.24) is 0 Å². The molecule has 0 aromatic heterocycles. The average molecular weight is 156 g/mol. The molecule has 0 spiro atoms. The van der Waals surface area contributed by atoms with Crippen molar-refractivity contribution >= 4 is 6.29 Å². The molecule has 1 rings (SSSR count). The highest BCUT2D eigenvalue weighted by Crippen LogP contribution is 2.26. The third-order valence-electron chi connectivity index (χ3n) is 2.16. The van der Waals surface area contributed by atoms with Crippen molar-refractivity contribution in [3.05, 3.63) is 0 Å². The quantitative estimate of drug-likeness (QED) is 0.541. The number of carbonyl (C=O) groups is 1. The Labute approximate surface area is 67.9 Å². The molecule has 11 heavy (non-hydrogen) atoms. The van der Waals surface area contributed by atoms with Gasteiger partial charge in [0.15, 0.2) is 0 Å². The lowest BCUT2D eigenvalue weighted by atomic mass is 9.93. The molecular weight excluding hydrogens is 140 g/mol. The van der Waals surface area contributed by atoms with E-state index in [-0.39, 0.29) is 11.5 Å². The van der Waals surface area contributed by atoms with Crippen LogP contribution in [0.2, 0.25) is 0 Å². The predicted molar refractivity (Wildman–Crippen MR) is 43.4 cm³/mol. The SMILES string of the molecule is CC1(C)CC(C=O)CCCO1. The highest BCUT2D eigenvalue weighted by atomic mass is 16.5. The second-order valence-corrected chi connectivity index (χ2v) is 3.85. The van der Waals surface area contributed by atoms with Crippen molar-refractivity contribution in [3.63, 3.8) is 0 Å². The fourth-order valence-electron chi connectivity index (χ4n) is 1.60. The van der Waals surface area contributed by atoms with E-state index in [2.05, 4.69) is 13.8 Å². The van der Waals surface area contributed by atoms with Crippen LogP contribution in [0.25, 0.3) is 0 Å². The normalized spacial score (nSPS) is 30.9. The summed E-state index contributed by atoms with van der Waals surface area (Å²) in [6.07, 6.45) is 3.95. The molecule has 1 heterocycles. The van der Waals surface area contributed by atoms with Gasteiger partial charge in [0.1, 0.15) is 6.29 Å². The van der Waals surface area contributed by atoms with Gasteiger partial charge < -0.3 is 9.53 Å². The number of ether oxygens (including phenoxy) is 1. The number of carbonyl (C=O) groups excluding carboxylic acids is 1. The second-order valence-electron chi connectivity index (χ2n) is 3.85. The lowest BCUT2D eigenvalue weighted by Gasteiger charge is -2.23. The van der Waals surface area contributed by atoms with Crippen LogP contribution in [0.5, 0.6) is 0 Å². The first-order valence-electron chi connectivity index (χ1n) is 4.23. The van der Waals surface area contributed by atoms with E-state index in [1.807, 2.05) is 0 Å². The first kappa shape index (κ1) is 8.72. The van der Waals surface area contributed by atoms with Crippen LogP contribution in [-0.4, -0.2) is 18.5 Å².